The van der Waals surface area contributed by atoms with Crippen molar-refractivity contribution in [2.24, 2.45) is 0 Å². The van der Waals surface area contributed by atoms with Crippen LogP contribution in [0.15, 0.2) is 0 Å². The Morgan fingerprint density at radius 2 is 2.26 bits per heavy atom. The van der Waals surface area contributed by atoms with Gasteiger partial charge in [0.1, 0.15) is 5.60 Å². The summed E-state index contributed by atoms with van der Waals surface area (Å²) >= 11 is 0. The smallest absolute Gasteiger partial charge is 0.407 e. The van der Waals surface area contributed by atoms with Gasteiger partial charge in [-0.2, -0.15) is 0 Å². The van der Waals surface area contributed by atoms with Crippen LogP contribution in [0.5, 0.6) is 0 Å². The molecule has 0 radical (unpaired) electrons. The molecule has 0 saturated carbocycles. The van der Waals surface area contributed by atoms with E-state index in [4.69, 9.17) is 9.47 Å². The molecular weight excluding hydrogens is 248 g/mol. The van der Waals surface area contributed by atoms with Gasteiger partial charge in [0.25, 0.3) is 0 Å². The fourth-order valence-corrected chi connectivity index (χ4v) is 1.93. The molecule has 1 saturated heterocycles. The van der Waals surface area contributed by atoms with Crippen molar-refractivity contribution < 1.29 is 19.4 Å². The number of nitrogens with one attached hydrogen (secondary N) is 1. The quantitative estimate of drug-likeness (QED) is 0.785. The Bertz CT molecular complexity index is 291. The predicted molar refractivity (Wildman–Crippen MR) is 72.1 cm³/mol. The summed E-state index contributed by atoms with van der Waals surface area (Å²) in [4.78, 5) is 13.6. The lowest BCUT2D eigenvalue weighted by atomic mass is 10.2. The van der Waals surface area contributed by atoms with Crippen molar-refractivity contribution >= 4 is 6.09 Å². The van der Waals surface area contributed by atoms with Crippen LogP contribution in [-0.2, 0) is 9.47 Å². The van der Waals surface area contributed by atoms with E-state index in [1.807, 2.05) is 6.92 Å². The molecule has 0 aliphatic carbocycles. The number of morpholine rings is 1. The molecule has 1 aliphatic rings. The van der Waals surface area contributed by atoms with E-state index in [0.717, 1.165) is 13.1 Å². The van der Waals surface area contributed by atoms with Gasteiger partial charge in [-0.25, -0.2) is 4.79 Å². The third-order valence-corrected chi connectivity index (χ3v) is 2.68. The van der Waals surface area contributed by atoms with Gasteiger partial charge >= 0.3 is 6.09 Å². The minimum absolute atomic E-state index is 0.194. The Morgan fingerprint density at radius 1 is 1.58 bits per heavy atom. The Hall–Kier alpha value is -0.850. The number of β-amino-alcohol motifs (C(OH)–C–C–N with tert-alkyl or cyclic N) is 1. The van der Waals surface area contributed by atoms with Crippen LogP contribution >= 0.6 is 0 Å². The van der Waals surface area contributed by atoms with E-state index < -0.39 is 17.8 Å². The van der Waals surface area contributed by atoms with Crippen molar-refractivity contribution in [3.63, 3.8) is 0 Å². The van der Waals surface area contributed by atoms with Crippen LogP contribution in [0, 0.1) is 0 Å². The zero-order chi connectivity index (χ0) is 14.5. The predicted octanol–water partition coefficient (Wildman–Crippen LogP) is 0.593. The molecule has 0 aromatic rings. The number of aliphatic hydroxyl groups is 1. The van der Waals surface area contributed by atoms with Crippen molar-refractivity contribution in [1.82, 2.24) is 10.2 Å². The molecule has 2 N–H and O–H groups in total. The van der Waals surface area contributed by atoms with Crippen LogP contribution < -0.4 is 5.32 Å². The summed E-state index contributed by atoms with van der Waals surface area (Å²) in [5, 5.41) is 12.5. The van der Waals surface area contributed by atoms with Gasteiger partial charge in [0.15, 0.2) is 0 Å². The Kier molecular flexibility index (Phi) is 6.03. The van der Waals surface area contributed by atoms with Crippen LogP contribution in [0.25, 0.3) is 0 Å². The normalized spacial score (nSPS) is 22.9. The second kappa shape index (κ2) is 7.07. The lowest BCUT2D eigenvalue weighted by Crippen LogP contribution is -2.47. The molecular formula is C13H26N2O4. The molecule has 1 amide bonds. The van der Waals surface area contributed by atoms with Gasteiger partial charge in [0.05, 0.1) is 18.8 Å². The van der Waals surface area contributed by atoms with E-state index in [9.17, 15) is 9.90 Å². The molecule has 1 fully saturated rings. The third-order valence-electron chi connectivity index (χ3n) is 2.68. The molecule has 2 atom stereocenters. The average molecular weight is 274 g/mol. The number of carbonyl (C=O) groups is 1. The number of alkyl carbamates (subject to hydrolysis) is 1. The SMILES string of the molecule is CC1CN(CC(O)CNC(=O)OC(C)(C)C)CCO1. The van der Waals surface area contributed by atoms with E-state index in [1.54, 1.807) is 20.8 Å². The Labute approximate surface area is 115 Å². The standard InChI is InChI=1S/C13H26N2O4/c1-10-8-15(5-6-18-10)9-11(16)7-14-12(17)19-13(2,3)4/h10-11,16H,5-9H2,1-4H3,(H,14,17). The van der Waals surface area contributed by atoms with Gasteiger partial charge in [-0.15, -0.1) is 0 Å². The first-order valence-electron chi connectivity index (χ1n) is 6.75. The van der Waals surface area contributed by atoms with Gasteiger partial charge in [0.2, 0.25) is 0 Å². The summed E-state index contributed by atoms with van der Waals surface area (Å²) in [6, 6.07) is 0. The third kappa shape index (κ3) is 7.34. The van der Waals surface area contributed by atoms with Crippen LogP contribution in [0.4, 0.5) is 4.79 Å². The molecule has 1 heterocycles. The molecule has 19 heavy (non-hydrogen) atoms. The number of hydrogen-bond donors (Lipinski definition) is 2. The molecule has 0 bridgehead atoms. The molecule has 0 aromatic carbocycles. The van der Waals surface area contributed by atoms with Gasteiger partial charge < -0.3 is 19.9 Å². The van der Waals surface area contributed by atoms with Gasteiger partial charge in [-0.05, 0) is 27.7 Å². The van der Waals surface area contributed by atoms with Crippen LogP contribution in [0.3, 0.4) is 0 Å². The zero-order valence-electron chi connectivity index (χ0n) is 12.3. The highest BCUT2D eigenvalue weighted by Gasteiger charge is 2.20. The topological polar surface area (TPSA) is 71.0 Å². The lowest BCUT2D eigenvalue weighted by molar-refractivity contribution is -0.0316. The fraction of sp³-hybridized carbons (Fsp3) is 0.923. The first-order chi connectivity index (χ1) is 8.76. The molecule has 6 heteroatoms. The minimum atomic E-state index is -0.599. The van der Waals surface area contributed by atoms with Crippen molar-refractivity contribution in [3.8, 4) is 0 Å². The minimum Gasteiger partial charge on any atom is -0.444 e. The Balaban J connectivity index is 2.20. The summed E-state index contributed by atoms with van der Waals surface area (Å²) < 4.78 is 10.5. The van der Waals surface area contributed by atoms with Gasteiger partial charge in [0, 0.05) is 26.2 Å². The number of hydrogen-bond acceptors (Lipinski definition) is 5. The maximum absolute atomic E-state index is 11.4. The molecule has 0 spiro atoms. The van der Waals surface area contributed by atoms with Crippen LogP contribution in [-0.4, -0.2) is 66.7 Å². The summed E-state index contributed by atoms with van der Waals surface area (Å²) in [5.74, 6) is 0. The lowest BCUT2D eigenvalue weighted by Gasteiger charge is -2.32. The molecule has 0 aromatic heterocycles. The summed E-state index contributed by atoms with van der Waals surface area (Å²) in [7, 11) is 0. The number of aliphatic hydroxyl groups excluding tert-OH is 1. The maximum atomic E-state index is 11.4. The largest absolute Gasteiger partial charge is 0.444 e. The number of carbonyl (C=O) groups excluding carboxylic acids is 1. The maximum Gasteiger partial charge on any atom is 0.407 e. The van der Waals surface area contributed by atoms with E-state index in [-0.39, 0.29) is 12.6 Å². The highest BCUT2D eigenvalue weighted by atomic mass is 16.6. The van der Waals surface area contributed by atoms with E-state index in [1.165, 1.54) is 0 Å². The van der Waals surface area contributed by atoms with Gasteiger partial charge in [-0.1, -0.05) is 0 Å². The van der Waals surface area contributed by atoms with Crippen LogP contribution in [0.2, 0.25) is 0 Å². The molecule has 6 nitrogen and oxygen atoms in total. The number of rotatable bonds is 4. The summed E-state index contributed by atoms with van der Waals surface area (Å²) in [5.41, 5.74) is -0.519. The molecule has 2 unspecified atom stereocenters. The van der Waals surface area contributed by atoms with Crippen molar-refractivity contribution in [2.45, 2.75) is 45.5 Å². The highest BCUT2D eigenvalue weighted by Crippen LogP contribution is 2.07. The highest BCUT2D eigenvalue weighted by molar-refractivity contribution is 5.67. The van der Waals surface area contributed by atoms with Crippen LogP contribution in [0.1, 0.15) is 27.7 Å². The summed E-state index contributed by atoms with van der Waals surface area (Å²) in [6.07, 6.45) is -0.903. The second-order valence-electron chi connectivity index (χ2n) is 5.98. The van der Waals surface area contributed by atoms with Crippen molar-refractivity contribution in [1.29, 1.82) is 0 Å². The van der Waals surface area contributed by atoms with E-state index >= 15 is 0 Å². The first kappa shape index (κ1) is 16.2. The molecule has 112 valence electrons. The van der Waals surface area contributed by atoms with E-state index in [0.29, 0.717) is 13.2 Å². The molecule has 1 aliphatic heterocycles. The Morgan fingerprint density at radius 3 is 2.84 bits per heavy atom. The van der Waals surface area contributed by atoms with E-state index in [2.05, 4.69) is 10.2 Å². The second-order valence-corrected chi connectivity index (χ2v) is 5.98. The fourth-order valence-electron chi connectivity index (χ4n) is 1.93. The molecule has 1 rings (SSSR count). The first-order valence-corrected chi connectivity index (χ1v) is 6.75. The zero-order valence-corrected chi connectivity index (χ0v) is 12.3. The van der Waals surface area contributed by atoms with Crippen molar-refractivity contribution in [2.75, 3.05) is 32.8 Å². The number of ether oxygens (including phenoxy) is 2. The number of amides is 1. The van der Waals surface area contributed by atoms with Crippen molar-refractivity contribution in [3.05, 3.63) is 0 Å². The average Bonchev–Trinajstić information content (AvgIpc) is 2.24. The number of nitrogens with zero attached hydrogens (tertiary/aromatic N) is 1. The van der Waals surface area contributed by atoms with Gasteiger partial charge in [-0.3, -0.25) is 4.90 Å². The summed E-state index contributed by atoms with van der Waals surface area (Å²) in [6.45, 7) is 10.5. The monoisotopic (exact) mass is 274 g/mol.